The molecule has 200 valence electrons. The minimum atomic E-state index is -0.297. The fourth-order valence-corrected chi connectivity index (χ4v) is 7.15. The third-order valence-electron chi connectivity index (χ3n) is 8.51. The largest absolute Gasteiger partial charge is 0.378 e. The molecule has 0 radical (unpaired) electrons. The third kappa shape index (κ3) is 4.81. The second kappa shape index (κ2) is 10.5. The van der Waals surface area contributed by atoms with E-state index in [1.165, 1.54) is 49.6 Å². The molecule has 2 saturated heterocycles. The summed E-state index contributed by atoms with van der Waals surface area (Å²) in [5, 5.41) is 4.57. The number of rotatable bonds is 7. The second-order valence-electron chi connectivity index (χ2n) is 11.0. The van der Waals surface area contributed by atoms with E-state index in [1.54, 1.807) is 17.4 Å². The Morgan fingerprint density at radius 2 is 1.89 bits per heavy atom. The van der Waals surface area contributed by atoms with Crippen LogP contribution < -0.4 is 10.2 Å². The molecule has 4 aromatic rings. The van der Waals surface area contributed by atoms with E-state index < -0.39 is 0 Å². The molecule has 0 unspecified atom stereocenters. The highest BCUT2D eigenvalue weighted by Crippen LogP contribution is 2.37. The number of piperidine rings is 1. The number of thiophene rings is 1. The summed E-state index contributed by atoms with van der Waals surface area (Å²) in [6.45, 7) is 7.28. The van der Waals surface area contributed by atoms with Crippen molar-refractivity contribution in [2.45, 2.75) is 44.7 Å². The number of benzene rings is 1. The van der Waals surface area contributed by atoms with Gasteiger partial charge in [0.15, 0.2) is 11.6 Å². The highest BCUT2D eigenvalue weighted by atomic mass is 32.1. The fourth-order valence-electron chi connectivity index (χ4n) is 5.99. The molecular formula is C29H35FN6OS. The molecule has 2 aliphatic heterocycles. The maximum absolute atomic E-state index is 15.2. The first-order valence-corrected chi connectivity index (χ1v) is 14.9. The van der Waals surface area contributed by atoms with Crippen LogP contribution in [0.25, 0.3) is 32.5 Å². The second-order valence-corrected chi connectivity index (χ2v) is 12.2. The quantitative estimate of drug-likeness (QED) is 0.341. The van der Waals surface area contributed by atoms with Crippen molar-refractivity contribution < 1.29 is 9.13 Å². The summed E-state index contributed by atoms with van der Waals surface area (Å²) in [7, 11) is 0. The summed E-state index contributed by atoms with van der Waals surface area (Å²) >= 11 is 1.79. The normalized spacial score (nSPS) is 20.0. The summed E-state index contributed by atoms with van der Waals surface area (Å²) in [5.41, 5.74) is 2.25. The lowest BCUT2D eigenvalue weighted by atomic mass is 9.91. The van der Waals surface area contributed by atoms with Crippen LogP contribution in [0.15, 0.2) is 30.5 Å². The van der Waals surface area contributed by atoms with Crippen molar-refractivity contribution in [2.75, 3.05) is 50.8 Å². The van der Waals surface area contributed by atoms with Crippen LogP contribution in [0, 0.1) is 11.7 Å². The van der Waals surface area contributed by atoms with E-state index in [-0.39, 0.29) is 5.82 Å². The third-order valence-corrected chi connectivity index (χ3v) is 9.61. The first kappa shape index (κ1) is 24.5. The lowest BCUT2D eigenvalue weighted by molar-refractivity contribution is 0.122. The van der Waals surface area contributed by atoms with Gasteiger partial charge in [-0.15, -0.1) is 11.3 Å². The Morgan fingerprint density at radius 1 is 1.05 bits per heavy atom. The molecule has 0 bridgehead atoms. The predicted octanol–water partition coefficient (Wildman–Crippen LogP) is 5.17. The molecule has 38 heavy (non-hydrogen) atoms. The zero-order valence-electron chi connectivity index (χ0n) is 21.7. The number of nitrogens with zero attached hydrogens (tertiary/aromatic N) is 4. The number of ether oxygens (including phenoxy) is 1. The van der Waals surface area contributed by atoms with Gasteiger partial charge in [-0.05, 0) is 75.5 Å². The number of morpholine rings is 1. The van der Waals surface area contributed by atoms with Gasteiger partial charge in [0.2, 0.25) is 0 Å². The van der Waals surface area contributed by atoms with Gasteiger partial charge in [-0.25, -0.2) is 14.4 Å². The number of aromatic nitrogens is 3. The first-order valence-electron chi connectivity index (χ1n) is 14.1. The summed E-state index contributed by atoms with van der Waals surface area (Å²) < 4.78 is 21.9. The van der Waals surface area contributed by atoms with Crippen LogP contribution >= 0.6 is 11.3 Å². The molecule has 3 fully saturated rings. The van der Waals surface area contributed by atoms with Crippen molar-refractivity contribution >= 4 is 38.3 Å². The number of fused-ring (bicyclic) bond motifs is 2. The molecule has 0 amide bonds. The van der Waals surface area contributed by atoms with Gasteiger partial charge in [-0.1, -0.05) is 6.42 Å². The average molecular weight is 535 g/mol. The lowest BCUT2D eigenvalue weighted by Crippen LogP contribution is -2.41. The maximum Gasteiger partial charge on any atom is 0.165 e. The Bertz CT molecular complexity index is 1420. The smallest absolute Gasteiger partial charge is 0.165 e. The molecule has 0 spiro atoms. The SMILES string of the molecule is Fc1ccc2[nH]ccc2c1-c1nc(N2CCOCC2)c2sc(CN3CCC(CNC4CCC4)CC3)cc2n1. The van der Waals surface area contributed by atoms with E-state index in [0.29, 0.717) is 24.6 Å². The number of anilines is 1. The predicted molar refractivity (Wildman–Crippen MR) is 151 cm³/mol. The summed E-state index contributed by atoms with van der Waals surface area (Å²) in [5.74, 6) is 1.85. The van der Waals surface area contributed by atoms with Crippen molar-refractivity contribution in [2.24, 2.45) is 5.92 Å². The van der Waals surface area contributed by atoms with Crippen LogP contribution in [0.4, 0.5) is 10.2 Å². The molecule has 7 rings (SSSR count). The van der Waals surface area contributed by atoms with Crippen LogP contribution in [0.5, 0.6) is 0 Å². The van der Waals surface area contributed by atoms with Crippen molar-refractivity contribution in [3.63, 3.8) is 0 Å². The van der Waals surface area contributed by atoms with Crippen molar-refractivity contribution in [3.8, 4) is 11.4 Å². The van der Waals surface area contributed by atoms with Gasteiger partial charge < -0.3 is 19.9 Å². The minimum Gasteiger partial charge on any atom is -0.378 e. The highest BCUT2D eigenvalue weighted by molar-refractivity contribution is 7.19. The topological polar surface area (TPSA) is 69.3 Å². The molecule has 2 N–H and O–H groups in total. The summed E-state index contributed by atoms with van der Waals surface area (Å²) in [4.78, 5) is 19.3. The zero-order chi connectivity index (χ0) is 25.5. The van der Waals surface area contributed by atoms with E-state index in [2.05, 4.69) is 26.2 Å². The Balaban J connectivity index is 1.16. The number of likely N-dealkylation sites (tertiary alicyclic amines) is 1. The first-order chi connectivity index (χ1) is 18.7. The van der Waals surface area contributed by atoms with Gasteiger partial charge >= 0.3 is 0 Å². The van der Waals surface area contributed by atoms with E-state index in [4.69, 9.17) is 14.7 Å². The molecule has 7 nitrogen and oxygen atoms in total. The van der Waals surface area contributed by atoms with Gasteiger partial charge in [0.05, 0.1) is 29.0 Å². The number of aromatic amines is 1. The Hall–Kier alpha value is -2.59. The number of hydrogen-bond acceptors (Lipinski definition) is 7. The number of hydrogen-bond donors (Lipinski definition) is 2. The van der Waals surface area contributed by atoms with Crippen LogP contribution in [0.2, 0.25) is 0 Å². The van der Waals surface area contributed by atoms with Gasteiger partial charge in [-0.2, -0.15) is 0 Å². The van der Waals surface area contributed by atoms with E-state index in [9.17, 15) is 0 Å². The zero-order valence-corrected chi connectivity index (χ0v) is 22.5. The Morgan fingerprint density at radius 3 is 2.68 bits per heavy atom. The summed E-state index contributed by atoms with van der Waals surface area (Å²) in [6.07, 6.45) is 8.45. The molecule has 1 aliphatic carbocycles. The highest BCUT2D eigenvalue weighted by Gasteiger charge is 2.25. The average Bonchev–Trinajstić information content (AvgIpc) is 3.55. The standard InChI is InChI=1S/C29H35FN6OS/c30-23-4-5-24-22(6-9-31-24)26(23)28-33-25-16-21(38-27(25)29(34-28)36-12-14-37-15-13-36)18-35-10-7-19(8-11-35)17-32-20-2-1-3-20/h4-6,9,16,19-20,31-32H,1-3,7-8,10-15,17-18H2. The molecule has 3 aliphatic rings. The van der Waals surface area contributed by atoms with Crippen molar-refractivity contribution in [1.29, 1.82) is 0 Å². The van der Waals surface area contributed by atoms with Crippen LogP contribution in [-0.4, -0.2) is 71.8 Å². The van der Waals surface area contributed by atoms with Crippen LogP contribution in [0.1, 0.15) is 37.0 Å². The number of halogens is 1. The molecule has 1 aromatic carbocycles. The van der Waals surface area contributed by atoms with Crippen LogP contribution in [0.3, 0.4) is 0 Å². The molecule has 0 atom stereocenters. The van der Waals surface area contributed by atoms with Gasteiger partial charge in [0.1, 0.15) is 5.82 Å². The van der Waals surface area contributed by atoms with Gasteiger partial charge in [-0.3, -0.25) is 4.90 Å². The fraction of sp³-hybridized carbons (Fsp3) is 0.517. The number of H-pyrrole nitrogens is 1. The molecule has 1 saturated carbocycles. The molecule has 5 heterocycles. The van der Waals surface area contributed by atoms with Crippen LogP contribution in [-0.2, 0) is 11.3 Å². The Labute approximate surface area is 226 Å². The van der Waals surface area contributed by atoms with E-state index in [0.717, 1.165) is 71.6 Å². The lowest BCUT2D eigenvalue weighted by Gasteiger charge is -2.34. The van der Waals surface area contributed by atoms with Gasteiger partial charge in [0.25, 0.3) is 0 Å². The van der Waals surface area contributed by atoms with E-state index >= 15 is 4.39 Å². The van der Waals surface area contributed by atoms with Crippen molar-refractivity contribution in [1.82, 2.24) is 25.2 Å². The molecule has 3 aromatic heterocycles. The molecular weight excluding hydrogens is 499 g/mol. The maximum atomic E-state index is 15.2. The molecule has 9 heteroatoms. The summed E-state index contributed by atoms with van der Waals surface area (Å²) in [6, 6.07) is 8.15. The van der Waals surface area contributed by atoms with Crippen molar-refractivity contribution in [3.05, 3.63) is 41.2 Å². The monoisotopic (exact) mass is 534 g/mol. The van der Waals surface area contributed by atoms with E-state index in [1.807, 2.05) is 12.3 Å². The number of nitrogens with one attached hydrogen (secondary N) is 2. The Kier molecular flexibility index (Phi) is 6.77. The van der Waals surface area contributed by atoms with Gasteiger partial charge in [0, 0.05) is 47.7 Å². The minimum absolute atomic E-state index is 0.297.